The Morgan fingerprint density at radius 3 is 2.94 bits per heavy atom. The second-order valence-electron chi connectivity index (χ2n) is 3.92. The van der Waals surface area contributed by atoms with Crippen LogP contribution in [0.25, 0.3) is 11.2 Å². The number of ether oxygens (including phenoxy) is 1. The number of hydrogen-bond acceptors (Lipinski definition) is 5. The van der Waals surface area contributed by atoms with Gasteiger partial charge in [0.25, 0.3) is 0 Å². The summed E-state index contributed by atoms with van der Waals surface area (Å²) in [6.45, 7) is 1.97. The number of imidazole rings is 1. The summed E-state index contributed by atoms with van der Waals surface area (Å²) < 4.78 is 5.69. The third-order valence-corrected chi connectivity index (χ3v) is 2.56. The lowest BCUT2D eigenvalue weighted by Gasteiger charge is -2.08. The van der Waals surface area contributed by atoms with Gasteiger partial charge in [-0.25, -0.2) is 9.97 Å². The summed E-state index contributed by atoms with van der Waals surface area (Å²) in [6.07, 6.45) is 2.95. The molecule has 0 bridgehead atoms. The lowest BCUT2D eigenvalue weighted by Crippen LogP contribution is -1.95. The fourth-order valence-corrected chi connectivity index (χ4v) is 1.69. The highest BCUT2D eigenvalue weighted by molar-refractivity contribution is 5.75. The van der Waals surface area contributed by atoms with Gasteiger partial charge < -0.3 is 15.5 Å². The van der Waals surface area contributed by atoms with Crippen molar-refractivity contribution in [3.05, 3.63) is 36.4 Å². The molecule has 0 fully saturated rings. The number of anilines is 1. The third kappa shape index (κ3) is 1.73. The number of nitrogens with zero attached hydrogens (tertiary/aromatic N) is 3. The van der Waals surface area contributed by atoms with Crippen molar-refractivity contribution in [3.63, 3.8) is 0 Å². The Kier molecular flexibility index (Phi) is 2.33. The molecule has 90 valence electrons. The topological polar surface area (TPSA) is 89.7 Å². The lowest BCUT2D eigenvalue weighted by molar-refractivity contribution is 0.469. The Bertz CT molecular complexity index is 707. The molecule has 0 saturated heterocycles. The number of H-pyrrole nitrogens is 1. The van der Waals surface area contributed by atoms with Crippen molar-refractivity contribution in [1.82, 2.24) is 19.9 Å². The molecule has 3 N–H and O–H groups in total. The molecule has 0 radical (unpaired) electrons. The number of aryl methyl sites for hydroxylation is 1. The highest BCUT2D eigenvalue weighted by atomic mass is 16.5. The van der Waals surface area contributed by atoms with Crippen LogP contribution in [0.1, 0.15) is 5.56 Å². The number of nitrogens with one attached hydrogen (secondary N) is 1. The van der Waals surface area contributed by atoms with Crippen LogP contribution < -0.4 is 10.5 Å². The first-order valence-electron chi connectivity index (χ1n) is 5.42. The van der Waals surface area contributed by atoms with Gasteiger partial charge in [0, 0.05) is 0 Å². The van der Waals surface area contributed by atoms with Crippen molar-refractivity contribution in [2.75, 3.05) is 5.73 Å². The molecule has 0 aliphatic heterocycles. The zero-order valence-corrected chi connectivity index (χ0v) is 9.71. The van der Waals surface area contributed by atoms with Gasteiger partial charge in [-0.15, -0.1) is 0 Å². The highest BCUT2D eigenvalue weighted by Crippen LogP contribution is 2.29. The average Bonchev–Trinajstić information content (AvgIpc) is 2.82. The molecule has 2 heterocycles. The lowest BCUT2D eigenvalue weighted by atomic mass is 10.2. The summed E-state index contributed by atoms with van der Waals surface area (Å²) in [5.74, 6) is 0.975. The minimum Gasteiger partial charge on any atom is -0.435 e. The monoisotopic (exact) mass is 241 g/mol. The van der Waals surface area contributed by atoms with E-state index in [-0.39, 0.29) is 0 Å². The van der Waals surface area contributed by atoms with Crippen LogP contribution in [0.4, 0.5) is 5.69 Å². The van der Waals surface area contributed by atoms with E-state index in [4.69, 9.17) is 10.5 Å². The summed E-state index contributed by atoms with van der Waals surface area (Å²) in [6, 6.07) is 5.59. The number of fused-ring (bicyclic) bond motifs is 1. The summed E-state index contributed by atoms with van der Waals surface area (Å²) in [5, 5.41) is 0. The van der Waals surface area contributed by atoms with E-state index in [9.17, 15) is 0 Å². The molecule has 0 atom stereocenters. The van der Waals surface area contributed by atoms with Gasteiger partial charge in [0.2, 0.25) is 5.88 Å². The quantitative estimate of drug-likeness (QED) is 0.670. The average molecular weight is 241 g/mol. The van der Waals surface area contributed by atoms with Crippen LogP contribution in [0.2, 0.25) is 0 Å². The molecule has 6 heteroatoms. The molecular formula is C12H11N5O. The molecule has 18 heavy (non-hydrogen) atoms. The van der Waals surface area contributed by atoms with Gasteiger partial charge in [-0.05, 0) is 24.6 Å². The maximum atomic E-state index is 5.89. The molecule has 0 unspecified atom stereocenters. The fraction of sp³-hybridized carbons (Fsp3) is 0.0833. The van der Waals surface area contributed by atoms with Crippen LogP contribution in [0.5, 0.6) is 11.6 Å². The molecule has 6 nitrogen and oxygen atoms in total. The van der Waals surface area contributed by atoms with Crippen LogP contribution in [0.15, 0.2) is 30.9 Å². The molecule has 0 spiro atoms. The van der Waals surface area contributed by atoms with Crippen molar-refractivity contribution in [2.45, 2.75) is 6.92 Å². The number of aromatic nitrogens is 4. The fourth-order valence-electron chi connectivity index (χ4n) is 1.69. The van der Waals surface area contributed by atoms with E-state index in [1.165, 1.54) is 6.33 Å². The Morgan fingerprint density at radius 2 is 2.11 bits per heavy atom. The standard InChI is InChI=1S/C12H11N5O/c1-7-2-3-9(8(13)4-7)18-12-10-11(15-5-14-10)16-6-17-12/h2-6H,13H2,1H3,(H,14,15,16,17). The Labute approximate surface area is 103 Å². The molecule has 0 aliphatic rings. The summed E-state index contributed by atoms with van der Waals surface area (Å²) in [4.78, 5) is 15.1. The van der Waals surface area contributed by atoms with Gasteiger partial charge >= 0.3 is 0 Å². The number of aromatic amines is 1. The van der Waals surface area contributed by atoms with Gasteiger partial charge in [0.15, 0.2) is 11.4 Å². The van der Waals surface area contributed by atoms with Crippen molar-refractivity contribution in [2.24, 2.45) is 0 Å². The van der Waals surface area contributed by atoms with E-state index in [0.29, 0.717) is 28.5 Å². The highest BCUT2D eigenvalue weighted by Gasteiger charge is 2.09. The van der Waals surface area contributed by atoms with Crippen molar-refractivity contribution in [1.29, 1.82) is 0 Å². The first-order chi connectivity index (χ1) is 8.74. The predicted molar refractivity (Wildman–Crippen MR) is 67.3 cm³/mol. The SMILES string of the molecule is Cc1ccc(Oc2ncnc3nc[nH]c23)c(N)c1. The normalized spacial score (nSPS) is 10.7. The minimum absolute atomic E-state index is 0.410. The zero-order chi connectivity index (χ0) is 12.5. The van der Waals surface area contributed by atoms with Crippen LogP contribution in [0, 0.1) is 6.92 Å². The first kappa shape index (κ1) is 10.5. The van der Waals surface area contributed by atoms with Crippen LogP contribution in [-0.2, 0) is 0 Å². The number of nitrogens with two attached hydrogens (primary N) is 1. The molecule has 1 aromatic carbocycles. The predicted octanol–water partition coefficient (Wildman–Crippen LogP) is 2.04. The molecule has 2 aromatic heterocycles. The maximum absolute atomic E-state index is 5.89. The second kappa shape index (κ2) is 3.99. The largest absolute Gasteiger partial charge is 0.435 e. The second-order valence-corrected chi connectivity index (χ2v) is 3.92. The number of benzene rings is 1. The third-order valence-electron chi connectivity index (χ3n) is 2.56. The van der Waals surface area contributed by atoms with E-state index >= 15 is 0 Å². The minimum atomic E-state index is 0.410. The Morgan fingerprint density at radius 1 is 1.22 bits per heavy atom. The van der Waals surface area contributed by atoms with Crippen molar-refractivity contribution >= 4 is 16.9 Å². The van der Waals surface area contributed by atoms with E-state index in [2.05, 4.69) is 19.9 Å². The first-order valence-corrected chi connectivity index (χ1v) is 5.42. The molecular weight excluding hydrogens is 230 g/mol. The summed E-state index contributed by atoms with van der Waals surface area (Å²) >= 11 is 0. The van der Waals surface area contributed by atoms with E-state index in [1.807, 2.05) is 25.1 Å². The molecule has 3 rings (SSSR count). The molecule has 0 aliphatic carbocycles. The van der Waals surface area contributed by atoms with E-state index in [1.54, 1.807) is 6.33 Å². The van der Waals surface area contributed by atoms with Gasteiger partial charge in [-0.3, -0.25) is 0 Å². The Balaban J connectivity index is 2.03. The Hall–Kier alpha value is -2.63. The van der Waals surface area contributed by atoms with Crippen molar-refractivity contribution in [3.8, 4) is 11.6 Å². The van der Waals surface area contributed by atoms with Gasteiger partial charge in [-0.2, -0.15) is 4.98 Å². The van der Waals surface area contributed by atoms with Gasteiger partial charge in [0.1, 0.15) is 11.8 Å². The summed E-state index contributed by atoms with van der Waals surface area (Å²) in [7, 11) is 0. The van der Waals surface area contributed by atoms with Gasteiger partial charge in [-0.1, -0.05) is 6.07 Å². The number of hydrogen-bond donors (Lipinski definition) is 2. The van der Waals surface area contributed by atoms with Crippen molar-refractivity contribution < 1.29 is 4.74 Å². The molecule has 3 aromatic rings. The molecule has 0 saturated carbocycles. The van der Waals surface area contributed by atoms with Crippen LogP contribution in [-0.4, -0.2) is 19.9 Å². The number of nitrogen functional groups attached to an aromatic ring is 1. The number of rotatable bonds is 2. The maximum Gasteiger partial charge on any atom is 0.248 e. The van der Waals surface area contributed by atoms with Crippen LogP contribution in [0.3, 0.4) is 0 Å². The van der Waals surface area contributed by atoms with Crippen LogP contribution >= 0.6 is 0 Å². The van der Waals surface area contributed by atoms with E-state index < -0.39 is 0 Å². The zero-order valence-electron chi connectivity index (χ0n) is 9.71. The molecule has 0 amide bonds. The summed E-state index contributed by atoms with van der Waals surface area (Å²) in [5.41, 5.74) is 8.75. The smallest absolute Gasteiger partial charge is 0.248 e. The van der Waals surface area contributed by atoms with Gasteiger partial charge in [0.05, 0.1) is 12.0 Å². The van der Waals surface area contributed by atoms with E-state index in [0.717, 1.165) is 5.56 Å².